The van der Waals surface area contributed by atoms with Crippen LogP contribution in [0, 0.1) is 0 Å². The number of hydrogen-bond donors (Lipinski definition) is 1. The van der Waals surface area contributed by atoms with E-state index in [4.69, 9.17) is 21.4 Å². The second kappa shape index (κ2) is 3.02. The van der Waals surface area contributed by atoms with Crippen LogP contribution in [0.2, 0.25) is 5.02 Å². The largest absolute Gasteiger partial charge is 0.480 e. The van der Waals surface area contributed by atoms with Gasteiger partial charge in [0, 0.05) is 7.05 Å². The summed E-state index contributed by atoms with van der Waals surface area (Å²) in [5.74, 6) is -0.923. The van der Waals surface area contributed by atoms with Crippen molar-refractivity contribution in [2.75, 3.05) is 7.11 Å². The summed E-state index contributed by atoms with van der Waals surface area (Å²) < 4.78 is 6.08. The summed E-state index contributed by atoms with van der Waals surface area (Å²) in [6.45, 7) is 0. The summed E-state index contributed by atoms with van der Waals surface area (Å²) >= 11 is 5.64. The third-order valence-corrected chi connectivity index (χ3v) is 1.68. The smallest absolute Gasteiger partial charge is 0.358 e. The number of rotatable bonds is 2. The van der Waals surface area contributed by atoms with Crippen molar-refractivity contribution in [3.8, 4) is 5.88 Å². The zero-order valence-electron chi connectivity index (χ0n) is 6.54. The molecule has 0 aliphatic rings. The minimum Gasteiger partial charge on any atom is -0.480 e. The highest BCUT2D eigenvalue weighted by Gasteiger charge is 2.19. The van der Waals surface area contributed by atoms with E-state index in [2.05, 4.69) is 5.10 Å². The van der Waals surface area contributed by atoms with Gasteiger partial charge < -0.3 is 9.84 Å². The summed E-state index contributed by atoms with van der Waals surface area (Å²) in [4.78, 5) is 10.5. The number of aryl methyl sites for hydroxylation is 1. The lowest BCUT2D eigenvalue weighted by molar-refractivity contribution is 0.0690. The molecule has 0 saturated heterocycles. The van der Waals surface area contributed by atoms with Gasteiger partial charge in [-0.2, -0.15) is 5.10 Å². The quantitative estimate of drug-likeness (QED) is 0.749. The fraction of sp³-hybridized carbons (Fsp3) is 0.333. The predicted molar refractivity (Wildman–Crippen MR) is 41.7 cm³/mol. The fourth-order valence-corrected chi connectivity index (χ4v) is 1.16. The first-order chi connectivity index (χ1) is 5.57. The van der Waals surface area contributed by atoms with Crippen LogP contribution in [0.15, 0.2) is 0 Å². The van der Waals surface area contributed by atoms with Crippen LogP contribution >= 0.6 is 11.6 Å². The summed E-state index contributed by atoms with van der Waals surface area (Å²) in [5.41, 5.74) is -0.198. The first-order valence-electron chi connectivity index (χ1n) is 3.07. The van der Waals surface area contributed by atoms with Crippen molar-refractivity contribution in [3.63, 3.8) is 0 Å². The third kappa shape index (κ3) is 1.23. The molecule has 0 aromatic carbocycles. The first kappa shape index (κ1) is 8.86. The number of aromatic carboxylic acids is 1. The Bertz CT molecular complexity index is 321. The normalized spacial score (nSPS) is 9.92. The molecule has 1 rings (SSSR count). The van der Waals surface area contributed by atoms with E-state index in [0.29, 0.717) is 0 Å². The molecule has 0 unspecified atom stereocenters. The minimum atomic E-state index is -1.17. The molecule has 1 aromatic rings. The fourth-order valence-electron chi connectivity index (χ4n) is 0.841. The van der Waals surface area contributed by atoms with E-state index >= 15 is 0 Å². The van der Waals surface area contributed by atoms with Crippen molar-refractivity contribution in [1.82, 2.24) is 9.78 Å². The van der Waals surface area contributed by atoms with Gasteiger partial charge in [0.1, 0.15) is 5.02 Å². The van der Waals surface area contributed by atoms with Crippen molar-refractivity contribution in [2.45, 2.75) is 0 Å². The van der Waals surface area contributed by atoms with Gasteiger partial charge >= 0.3 is 5.97 Å². The molecule has 1 aromatic heterocycles. The van der Waals surface area contributed by atoms with E-state index in [1.807, 2.05) is 0 Å². The number of hydrogen-bond acceptors (Lipinski definition) is 3. The monoisotopic (exact) mass is 190 g/mol. The number of carboxylic acid groups (broad SMARTS) is 1. The Balaban J connectivity index is 3.26. The number of carboxylic acids is 1. The number of nitrogens with zero attached hydrogens (tertiary/aromatic N) is 2. The van der Waals surface area contributed by atoms with Crippen molar-refractivity contribution < 1.29 is 14.6 Å². The van der Waals surface area contributed by atoms with Gasteiger partial charge in [-0.25, -0.2) is 9.48 Å². The summed E-state index contributed by atoms with van der Waals surface area (Å²) in [6, 6.07) is 0. The van der Waals surface area contributed by atoms with Crippen LogP contribution in [-0.4, -0.2) is 28.0 Å². The average molecular weight is 191 g/mol. The molecule has 0 fully saturated rings. The summed E-state index contributed by atoms with van der Waals surface area (Å²) in [7, 11) is 2.95. The molecule has 12 heavy (non-hydrogen) atoms. The second-order valence-electron chi connectivity index (χ2n) is 2.10. The van der Waals surface area contributed by atoms with E-state index in [1.54, 1.807) is 7.05 Å². The van der Waals surface area contributed by atoms with Gasteiger partial charge in [0.25, 0.3) is 0 Å². The molecule has 0 saturated carbocycles. The lowest BCUT2D eigenvalue weighted by atomic mass is 10.4. The highest BCUT2D eigenvalue weighted by Crippen LogP contribution is 2.26. The van der Waals surface area contributed by atoms with Crippen molar-refractivity contribution in [3.05, 3.63) is 10.7 Å². The molecule has 0 amide bonds. The zero-order valence-corrected chi connectivity index (χ0v) is 7.29. The zero-order chi connectivity index (χ0) is 9.30. The third-order valence-electron chi connectivity index (χ3n) is 1.34. The van der Waals surface area contributed by atoms with E-state index in [9.17, 15) is 4.79 Å². The topological polar surface area (TPSA) is 64.3 Å². The van der Waals surface area contributed by atoms with Gasteiger partial charge in [-0.1, -0.05) is 11.6 Å². The molecule has 0 bridgehead atoms. The Kier molecular flexibility index (Phi) is 2.23. The number of carbonyl (C=O) groups is 1. The van der Waals surface area contributed by atoms with Crippen LogP contribution in [0.4, 0.5) is 0 Å². The van der Waals surface area contributed by atoms with E-state index < -0.39 is 5.97 Å². The number of methoxy groups -OCH3 is 1. The van der Waals surface area contributed by atoms with E-state index in [0.717, 1.165) is 0 Å². The minimum absolute atomic E-state index is 0.0208. The van der Waals surface area contributed by atoms with Gasteiger partial charge in [0.05, 0.1) is 7.11 Å². The molecule has 6 heteroatoms. The highest BCUT2D eigenvalue weighted by molar-refractivity contribution is 6.34. The van der Waals surface area contributed by atoms with E-state index in [1.165, 1.54) is 11.8 Å². The molecular formula is C6H7ClN2O3. The maximum atomic E-state index is 10.5. The Labute approximate surface area is 73.5 Å². The summed E-state index contributed by atoms with van der Waals surface area (Å²) in [6.07, 6.45) is 0. The van der Waals surface area contributed by atoms with Crippen LogP contribution in [-0.2, 0) is 7.05 Å². The van der Waals surface area contributed by atoms with E-state index in [-0.39, 0.29) is 16.6 Å². The van der Waals surface area contributed by atoms with Gasteiger partial charge in [-0.15, -0.1) is 0 Å². The van der Waals surface area contributed by atoms with Crippen molar-refractivity contribution >= 4 is 17.6 Å². The van der Waals surface area contributed by atoms with Gasteiger partial charge in [-0.05, 0) is 0 Å². The van der Waals surface area contributed by atoms with Gasteiger partial charge in [0.15, 0.2) is 5.69 Å². The molecule has 66 valence electrons. The van der Waals surface area contributed by atoms with Gasteiger partial charge in [-0.3, -0.25) is 0 Å². The molecule has 0 atom stereocenters. The molecule has 0 aliphatic heterocycles. The SMILES string of the molecule is COc1c(Cl)c(C(=O)O)nn1C. The number of ether oxygens (including phenoxy) is 1. The Morgan fingerprint density at radius 2 is 2.33 bits per heavy atom. The lowest BCUT2D eigenvalue weighted by Gasteiger charge is -1.97. The molecule has 1 heterocycles. The molecule has 0 radical (unpaired) electrons. The second-order valence-corrected chi connectivity index (χ2v) is 2.48. The van der Waals surface area contributed by atoms with Crippen LogP contribution in [0.25, 0.3) is 0 Å². The molecular weight excluding hydrogens is 184 g/mol. The van der Waals surface area contributed by atoms with Crippen LogP contribution in [0.5, 0.6) is 5.88 Å². The number of aromatic nitrogens is 2. The highest BCUT2D eigenvalue weighted by atomic mass is 35.5. The predicted octanol–water partition coefficient (Wildman–Crippen LogP) is 0.780. The first-order valence-corrected chi connectivity index (χ1v) is 3.45. The average Bonchev–Trinajstić information content (AvgIpc) is 2.27. The Morgan fingerprint density at radius 3 is 2.58 bits per heavy atom. The number of halogens is 1. The maximum Gasteiger partial charge on any atom is 0.358 e. The molecule has 5 nitrogen and oxygen atoms in total. The van der Waals surface area contributed by atoms with Gasteiger partial charge in [0.2, 0.25) is 5.88 Å². The molecule has 0 spiro atoms. The maximum absolute atomic E-state index is 10.5. The Hall–Kier alpha value is -1.23. The molecule has 0 aliphatic carbocycles. The molecule has 1 N–H and O–H groups in total. The van der Waals surface area contributed by atoms with Crippen molar-refractivity contribution in [2.24, 2.45) is 7.05 Å². The lowest BCUT2D eigenvalue weighted by Crippen LogP contribution is -1.99. The van der Waals surface area contributed by atoms with Crippen molar-refractivity contribution in [1.29, 1.82) is 0 Å². The van der Waals surface area contributed by atoms with Crippen LogP contribution in [0.1, 0.15) is 10.5 Å². The standard InChI is InChI=1S/C6H7ClN2O3/c1-9-5(12-2)3(7)4(8-9)6(10)11/h1-2H3,(H,10,11). The van der Waals surface area contributed by atoms with Crippen LogP contribution in [0.3, 0.4) is 0 Å². The summed E-state index contributed by atoms with van der Waals surface area (Å²) in [5, 5.41) is 12.2. The Morgan fingerprint density at radius 1 is 1.75 bits per heavy atom. The van der Waals surface area contributed by atoms with Crippen LogP contribution < -0.4 is 4.74 Å².